The highest BCUT2D eigenvalue weighted by molar-refractivity contribution is 5.68. The van der Waals surface area contributed by atoms with Crippen LogP contribution in [0.15, 0.2) is 0 Å². The van der Waals surface area contributed by atoms with Gasteiger partial charge in [0.25, 0.3) is 0 Å². The average Bonchev–Trinajstić information content (AvgIpc) is 2.61. The van der Waals surface area contributed by atoms with Gasteiger partial charge in [-0.3, -0.25) is 0 Å². The minimum Gasteiger partial charge on any atom is -0.450 e. The van der Waals surface area contributed by atoms with Gasteiger partial charge in [0.1, 0.15) is 0 Å². The normalized spacial score (nSPS) is 31.4. The summed E-state index contributed by atoms with van der Waals surface area (Å²) in [6.45, 7) is 3.27. The number of hydrogen-bond acceptors (Lipinski definition) is 2. The fourth-order valence-electron chi connectivity index (χ4n) is 2.84. The molecule has 2 atom stereocenters. The minimum absolute atomic E-state index is 0.0955. The van der Waals surface area contributed by atoms with Crippen molar-refractivity contribution in [2.75, 3.05) is 13.2 Å². The standard InChI is InChI=1S/C11H19NO2/c1-2-14-11(13)12-8-7-9-5-3-4-6-10(9)12/h9-10H,2-8H2,1H3/t9-,10-/m0/s1. The lowest BCUT2D eigenvalue weighted by Gasteiger charge is -2.30. The van der Waals surface area contributed by atoms with Crippen molar-refractivity contribution in [1.29, 1.82) is 0 Å². The van der Waals surface area contributed by atoms with Crippen molar-refractivity contribution < 1.29 is 9.53 Å². The van der Waals surface area contributed by atoms with Gasteiger partial charge < -0.3 is 9.64 Å². The highest BCUT2D eigenvalue weighted by atomic mass is 16.6. The lowest BCUT2D eigenvalue weighted by atomic mass is 9.85. The summed E-state index contributed by atoms with van der Waals surface area (Å²) in [6, 6.07) is 0.489. The zero-order chi connectivity index (χ0) is 9.97. The van der Waals surface area contributed by atoms with Crippen LogP contribution in [0, 0.1) is 5.92 Å². The van der Waals surface area contributed by atoms with Crippen molar-refractivity contribution >= 4 is 6.09 Å². The minimum atomic E-state index is -0.0955. The smallest absolute Gasteiger partial charge is 0.410 e. The van der Waals surface area contributed by atoms with E-state index >= 15 is 0 Å². The topological polar surface area (TPSA) is 29.5 Å². The van der Waals surface area contributed by atoms with Crippen LogP contribution in [-0.4, -0.2) is 30.2 Å². The van der Waals surface area contributed by atoms with E-state index in [4.69, 9.17) is 4.74 Å². The van der Waals surface area contributed by atoms with Gasteiger partial charge in [0.2, 0.25) is 0 Å². The van der Waals surface area contributed by atoms with Crippen molar-refractivity contribution in [3.05, 3.63) is 0 Å². The number of fused-ring (bicyclic) bond motifs is 1. The molecule has 1 aliphatic heterocycles. The summed E-state index contributed by atoms with van der Waals surface area (Å²) in [5, 5.41) is 0. The monoisotopic (exact) mass is 197 g/mol. The van der Waals surface area contributed by atoms with Gasteiger partial charge in [0, 0.05) is 12.6 Å². The second-order valence-electron chi connectivity index (χ2n) is 4.29. The fraction of sp³-hybridized carbons (Fsp3) is 0.909. The Balaban J connectivity index is 1.96. The Kier molecular flexibility index (Phi) is 2.94. The maximum absolute atomic E-state index is 11.6. The molecule has 2 aliphatic rings. The van der Waals surface area contributed by atoms with Gasteiger partial charge in [0.05, 0.1) is 6.61 Å². The van der Waals surface area contributed by atoms with Gasteiger partial charge in [-0.25, -0.2) is 4.79 Å². The molecule has 0 aromatic heterocycles. The van der Waals surface area contributed by atoms with Crippen LogP contribution in [0.3, 0.4) is 0 Å². The number of amides is 1. The molecule has 80 valence electrons. The molecule has 14 heavy (non-hydrogen) atoms. The van der Waals surface area contributed by atoms with Gasteiger partial charge in [-0.05, 0) is 32.1 Å². The highest BCUT2D eigenvalue weighted by Crippen LogP contribution is 2.36. The summed E-state index contributed by atoms with van der Waals surface area (Å²) in [7, 11) is 0. The molecule has 3 heteroatoms. The molecule has 0 N–H and O–H groups in total. The summed E-state index contributed by atoms with van der Waals surface area (Å²) in [4.78, 5) is 13.6. The second-order valence-corrected chi connectivity index (χ2v) is 4.29. The van der Waals surface area contributed by atoms with Crippen molar-refractivity contribution in [2.45, 2.75) is 45.1 Å². The molecular weight excluding hydrogens is 178 g/mol. The lowest BCUT2D eigenvalue weighted by molar-refractivity contribution is 0.0918. The fourth-order valence-corrected chi connectivity index (χ4v) is 2.84. The second kappa shape index (κ2) is 4.20. The number of hydrogen-bond donors (Lipinski definition) is 0. The molecule has 0 aromatic carbocycles. The third-order valence-corrected chi connectivity index (χ3v) is 3.51. The first kappa shape index (κ1) is 9.81. The van der Waals surface area contributed by atoms with Crippen molar-refractivity contribution in [3.63, 3.8) is 0 Å². The van der Waals surface area contributed by atoms with Gasteiger partial charge in [0.15, 0.2) is 0 Å². The van der Waals surface area contributed by atoms with Crippen molar-refractivity contribution in [3.8, 4) is 0 Å². The van der Waals surface area contributed by atoms with Crippen LogP contribution in [0.4, 0.5) is 4.79 Å². The van der Waals surface area contributed by atoms with Crippen LogP contribution < -0.4 is 0 Å². The van der Waals surface area contributed by atoms with Crippen LogP contribution in [0.25, 0.3) is 0 Å². The van der Waals surface area contributed by atoms with Gasteiger partial charge in [-0.15, -0.1) is 0 Å². The van der Waals surface area contributed by atoms with Gasteiger partial charge >= 0.3 is 6.09 Å². The molecule has 0 aromatic rings. The Morgan fingerprint density at radius 3 is 2.93 bits per heavy atom. The quantitative estimate of drug-likeness (QED) is 0.646. The van der Waals surface area contributed by atoms with E-state index in [2.05, 4.69) is 0 Å². The number of nitrogens with zero attached hydrogens (tertiary/aromatic N) is 1. The molecule has 0 bridgehead atoms. The lowest BCUT2D eigenvalue weighted by Crippen LogP contribution is -2.39. The molecule has 2 fully saturated rings. The summed E-state index contributed by atoms with van der Waals surface area (Å²) >= 11 is 0. The van der Waals surface area contributed by atoms with Gasteiger partial charge in [-0.1, -0.05) is 12.8 Å². The van der Waals surface area contributed by atoms with E-state index in [1.54, 1.807) is 0 Å². The van der Waals surface area contributed by atoms with E-state index in [9.17, 15) is 4.79 Å². The Bertz CT molecular complexity index is 217. The van der Waals surface area contributed by atoms with Crippen LogP contribution in [0.1, 0.15) is 39.0 Å². The number of likely N-dealkylation sites (tertiary alicyclic amines) is 1. The van der Waals surface area contributed by atoms with E-state index in [0.29, 0.717) is 12.6 Å². The van der Waals surface area contributed by atoms with Crippen LogP contribution >= 0.6 is 0 Å². The van der Waals surface area contributed by atoms with Crippen molar-refractivity contribution in [1.82, 2.24) is 4.90 Å². The summed E-state index contributed by atoms with van der Waals surface area (Å²) < 4.78 is 5.06. The molecule has 1 heterocycles. The predicted molar refractivity (Wildman–Crippen MR) is 54.1 cm³/mol. The molecule has 0 spiro atoms. The molecule has 0 unspecified atom stereocenters. The Morgan fingerprint density at radius 2 is 2.14 bits per heavy atom. The van der Waals surface area contributed by atoms with Crippen LogP contribution in [-0.2, 0) is 4.74 Å². The molecule has 1 aliphatic carbocycles. The first-order chi connectivity index (χ1) is 6.83. The van der Waals surface area contributed by atoms with E-state index in [1.807, 2.05) is 11.8 Å². The van der Waals surface area contributed by atoms with E-state index in [-0.39, 0.29) is 6.09 Å². The third kappa shape index (κ3) is 1.72. The predicted octanol–water partition coefficient (Wildman–Crippen LogP) is 2.41. The molecule has 1 amide bonds. The zero-order valence-corrected chi connectivity index (χ0v) is 8.87. The summed E-state index contributed by atoms with van der Waals surface area (Å²) in [5.74, 6) is 0.758. The van der Waals surface area contributed by atoms with Gasteiger partial charge in [-0.2, -0.15) is 0 Å². The van der Waals surface area contributed by atoms with E-state index < -0.39 is 0 Å². The van der Waals surface area contributed by atoms with E-state index in [1.165, 1.54) is 32.1 Å². The Morgan fingerprint density at radius 1 is 1.36 bits per heavy atom. The first-order valence-electron chi connectivity index (χ1n) is 5.76. The van der Waals surface area contributed by atoms with Crippen LogP contribution in [0.2, 0.25) is 0 Å². The SMILES string of the molecule is CCOC(=O)N1CC[C@@H]2CCCC[C@@H]21. The number of rotatable bonds is 1. The molecule has 0 radical (unpaired) electrons. The Hall–Kier alpha value is -0.730. The summed E-state index contributed by atoms with van der Waals surface area (Å²) in [6.07, 6.45) is 6.20. The molecule has 3 nitrogen and oxygen atoms in total. The molecular formula is C11H19NO2. The average molecular weight is 197 g/mol. The van der Waals surface area contributed by atoms with E-state index in [0.717, 1.165) is 12.5 Å². The number of carbonyl (C=O) groups excluding carboxylic acids is 1. The maximum Gasteiger partial charge on any atom is 0.410 e. The molecule has 1 saturated carbocycles. The zero-order valence-electron chi connectivity index (χ0n) is 8.87. The van der Waals surface area contributed by atoms with Crippen LogP contribution in [0.5, 0.6) is 0 Å². The van der Waals surface area contributed by atoms with Crippen molar-refractivity contribution in [2.24, 2.45) is 5.92 Å². The summed E-state index contributed by atoms with van der Waals surface area (Å²) in [5.41, 5.74) is 0. The largest absolute Gasteiger partial charge is 0.450 e. The molecule has 1 saturated heterocycles. The molecule has 2 rings (SSSR count). The Labute approximate surface area is 85.4 Å². The third-order valence-electron chi connectivity index (χ3n) is 3.51. The number of ether oxygens (including phenoxy) is 1. The number of carbonyl (C=O) groups is 1. The maximum atomic E-state index is 11.6. The first-order valence-corrected chi connectivity index (χ1v) is 5.76. The highest BCUT2D eigenvalue weighted by Gasteiger charge is 2.38.